The standard InChI is InChI=1S/C9H9ClN2O/c1-11-5-9-7-3-2-6(10)4-8(7)12-13-9/h2-4,11H,5H2,1H3. The minimum atomic E-state index is 0.678. The quantitative estimate of drug-likeness (QED) is 0.800. The predicted octanol–water partition coefficient (Wildman–Crippen LogP) is 2.20. The van der Waals surface area contributed by atoms with Crippen LogP contribution in [-0.4, -0.2) is 12.2 Å². The van der Waals surface area contributed by atoms with E-state index in [4.69, 9.17) is 16.1 Å². The first kappa shape index (κ1) is 8.53. The Labute approximate surface area is 80.7 Å². The van der Waals surface area contributed by atoms with Crippen LogP contribution in [0.1, 0.15) is 5.76 Å². The van der Waals surface area contributed by atoms with Gasteiger partial charge in [-0.1, -0.05) is 16.8 Å². The van der Waals surface area contributed by atoms with E-state index in [1.807, 2.05) is 19.2 Å². The average Bonchev–Trinajstić information content (AvgIpc) is 2.49. The van der Waals surface area contributed by atoms with Gasteiger partial charge in [-0.05, 0) is 25.2 Å². The van der Waals surface area contributed by atoms with Gasteiger partial charge in [-0.25, -0.2) is 0 Å². The first-order valence-corrected chi connectivity index (χ1v) is 4.37. The number of aromatic nitrogens is 1. The lowest BCUT2D eigenvalue weighted by atomic mass is 10.2. The van der Waals surface area contributed by atoms with E-state index in [0.717, 1.165) is 16.7 Å². The fraction of sp³-hybridized carbons (Fsp3) is 0.222. The molecule has 0 saturated carbocycles. The summed E-state index contributed by atoms with van der Waals surface area (Å²) in [6.45, 7) is 0.679. The normalized spacial score (nSPS) is 10.9. The Morgan fingerprint density at radius 3 is 3.15 bits per heavy atom. The average molecular weight is 197 g/mol. The van der Waals surface area contributed by atoms with Crippen LogP contribution in [0.5, 0.6) is 0 Å². The molecule has 0 saturated heterocycles. The number of hydrogen-bond donors (Lipinski definition) is 1. The first-order chi connectivity index (χ1) is 6.31. The molecule has 68 valence electrons. The maximum atomic E-state index is 5.81. The molecule has 0 unspecified atom stereocenters. The van der Waals surface area contributed by atoms with Crippen LogP contribution < -0.4 is 5.32 Å². The van der Waals surface area contributed by atoms with E-state index in [1.165, 1.54) is 0 Å². The molecule has 0 aliphatic heterocycles. The smallest absolute Gasteiger partial charge is 0.158 e. The minimum absolute atomic E-state index is 0.678. The third kappa shape index (κ3) is 1.53. The molecule has 0 bridgehead atoms. The SMILES string of the molecule is CNCc1onc2cc(Cl)ccc12. The van der Waals surface area contributed by atoms with Crippen LogP contribution in [0, 0.1) is 0 Å². The van der Waals surface area contributed by atoms with Gasteiger partial charge in [0.2, 0.25) is 0 Å². The molecule has 1 aromatic carbocycles. The number of nitrogens with zero attached hydrogens (tertiary/aromatic N) is 1. The summed E-state index contributed by atoms with van der Waals surface area (Å²) in [6.07, 6.45) is 0. The first-order valence-electron chi connectivity index (χ1n) is 3.99. The number of nitrogens with one attached hydrogen (secondary N) is 1. The van der Waals surface area contributed by atoms with Gasteiger partial charge in [-0.15, -0.1) is 0 Å². The molecule has 0 fully saturated rings. The Kier molecular flexibility index (Phi) is 2.20. The van der Waals surface area contributed by atoms with Crippen molar-refractivity contribution in [3.8, 4) is 0 Å². The highest BCUT2D eigenvalue weighted by Gasteiger charge is 2.06. The van der Waals surface area contributed by atoms with E-state index in [2.05, 4.69) is 10.5 Å². The number of hydrogen-bond acceptors (Lipinski definition) is 3. The Balaban J connectivity index is 2.55. The second kappa shape index (κ2) is 3.36. The third-order valence-electron chi connectivity index (χ3n) is 1.85. The molecule has 4 heteroatoms. The van der Waals surface area contributed by atoms with E-state index in [1.54, 1.807) is 6.07 Å². The summed E-state index contributed by atoms with van der Waals surface area (Å²) in [7, 11) is 1.87. The van der Waals surface area contributed by atoms with Crippen molar-refractivity contribution >= 4 is 22.5 Å². The zero-order valence-corrected chi connectivity index (χ0v) is 7.93. The maximum absolute atomic E-state index is 5.81. The molecule has 0 radical (unpaired) electrons. The van der Waals surface area contributed by atoms with Gasteiger partial charge in [0, 0.05) is 10.4 Å². The van der Waals surface area contributed by atoms with Gasteiger partial charge in [0.25, 0.3) is 0 Å². The molecular weight excluding hydrogens is 188 g/mol. The van der Waals surface area contributed by atoms with Crippen LogP contribution in [0.3, 0.4) is 0 Å². The van der Waals surface area contributed by atoms with Gasteiger partial charge in [-0.3, -0.25) is 0 Å². The lowest BCUT2D eigenvalue weighted by Gasteiger charge is -1.93. The van der Waals surface area contributed by atoms with Crippen molar-refractivity contribution in [3.05, 3.63) is 29.0 Å². The van der Waals surface area contributed by atoms with E-state index < -0.39 is 0 Å². The van der Waals surface area contributed by atoms with Crippen molar-refractivity contribution in [2.45, 2.75) is 6.54 Å². The number of benzene rings is 1. The van der Waals surface area contributed by atoms with E-state index in [0.29, 0.717) is 11.6 Å². The van der Waals surface area contributed by atoms with Crippen molar-refractivity contribution < 1.29 is 4.52 Å². The van der Waals surface area contributed by atoms with Gasteiger partial charge >= 0.3 is 0 Å². The highest BCUT2D eigenvalue weighted by atomic mass is 35.5. The Morgan fingerprint density at radius 1 is 1.54 bits per heavy atom. The fourth-order valence-electron chi connectivity index (χ4n) is 1.26. The summed E-state index contributed by atoms with van der Waals surface area (Å²) >= 11 is 5.81. The van der Waals surface area contributed by atoms with Gasteiger partial charge in [0.05, 0.1) is 6.54 Å². The lowest BCUT2D eigenvalue weighted by molar-refractivity contribution is 0.385. The largest absolute Gasteiger partial charge is 0.359 e. The summed E-state index contributed by atoms with van der Waals surface area (Å²) in [5.41, 5.74) is 0.803. The summed E-state index contributed by atoms with van der Waals surface area (Å²) in [4.78, 5) is 0. The molecule has 3 nitrogen and oxygen atoms in total. The van der Waals surface area contributed by atoms with Gasteiger partial charge in [0.1, 0.15) is 5.52 Å². The predicted molar refractivity (Wildman–Crippen MR) is 51.8 cm³/mol. The monoisotopic (exact) mass is 196 g/mol. The van der Waals surface area contributed by atoms with Crippen LogP contribution >= 0.6 is 11.6 Å². The zero-order valence-electron chi connectivity index (χ0n) is 7.17. The molecule has 2 aromatic rings. The van der Waals surface area contributed by atoms with Crippen molar-refractivity contribution in [2.75, 3.05) is 7.05 Å². The summed E-state index contributed by atoms with van der Waals surface area (Å²) in [6, 6.07) is 5.54. The highest BCUT2D eigenvalue weighted by Crippen LogP contribution is 2.21. The van der Waals surface area contributed by atoms with Crippen molar-refractivity contribution in [3.63, 3.8) is 0 Å². The Hall–Kier alpha value is -1.06. The molecule has 1 N–H and O–H groups in total. The summed E-state index contributed by atoms with van der Waals surface area (Å²) in [5.74, 6) is 0.842. The molecule has 0 spiro atoms. The molecular formula is C9H9ClN2O. The van der Waals surface area contributed by atoms with Gasteiger partial charge in [0.15, 0.2) is 5.76 Å². The van der Waals surface area contributed by atoms with Crippen LogP contribution in [0.4, 0.5) is 0 Å². The van der Waals surface area contributed by atoms with Crippen molar-refractivity contribution in [2.24, 2.45) is 0 Å². The van der Waals surface area contributed by atoms with Gasteiger partial charge < -0.3 is 9.84 Å². The summed E-state index contributed by atoms with van der Waals surface area (Å²) < 4.78 is 5.14. The molecule has 13 heavy (non-hydrogen) atoms. The second-order valence-corrected chi connectivity index (χ2v) is 3.23. The minimum Gasteiger partial charge on any atom is -0.359 e. The van der Waals surface area contributed by atoms with Crippen LogP contribution in [0.2, 0.25) is 5.02 Å². The van der Waals surface area contributed by atoms with Gasteiger partial charge in [-0.2, -0.15) is 0 Å². The maximum Gasteiger partial charge on any atom is 0.158 e. The van der Waals surface area contributed by atoms with E-state index in [-0.39, 0.29) is 0 Å². The summed E-state index contributed by atoms with van der Waals surface area (Å²) in [5, 5.41) is 8.60. The molecule has 0 aliphatic rings. The van der Waals surface area contributed by atoms with Crippen LogP contribution in [0.25, 0.3) is 10.9 Å². The second-order valence-electron chi connectivity index (χ2n) is 2.80. The Morgan fingerprint density at radius 2 is 2.38 bits per heavy atom. The van der Waals surface area contributed by atoms with Crippen molar-refractivity contribution in [1.29, 1.82) is 0 Å². The fourth-order valence-corrected chi connectivity index (χ4v) is 1.42. The van der Waals surface area contributed by atoms with Crippen molar-refractivity contribution in [1.82, 2.24) is 10.5 Å². The molecule has 2 rings (SSSR count). The van der Waals surface area contributed by atoms with Crippen LogP contribution in [0.15, 0.2) is 22.7 Å². The molecule has 1 heterocycles. The molecule has 0 aliphatic carbocycles. The zero-order chi connectivity index (χ0) is 9.26. The Bertz CT molecular complexity index is 424. The molecule has 1 aromatic heterocycles. The number of halogens is 1. The highest BCUT2D eigenvalue weighted by molar-refractivity contribution is 6.31. The number of fused-ring (bicyclic) bond motifs is 1. The van der Waals surface area contributed by atoms with Crippen LogP contribution in [-0.2, 0) is 6.54 Å². The number of rotatable bonds is 2. The third-order valence-corrected chi connectivity index (χ3v) is 2.09. The van der Waals surface area contributed by atoms with E-state index in [9.17, 15) is 0 Å². The molecule has 0 amide bonds. The lowest BCUT2D eigenvalue weighted by Crippen LogP contribution is -2.03. The topological polar surface area (TPSA) is 38.1 Å². The molecule has 0 atom stereocenters. The van der Waals surface area contributed by atoms with E-state index >= 15 is 0 Å².